The fraction of sp³-hybridized carbons (Fsp3) is 0.571. The third-order valence-corrected chi connectivity index (χ3v) is 3.49. The molecule has 0 radical (unpaired) electrons. The van der Waals surface area contributed by atoms with Crippen LogP contribution in [-0.4, -0.2) is 23.8 Å². The van der Waals surface area contributed by atoms with E-state index in [0.29, 0.717) is 6.04 Å². The molecule has 3 N–H and O–H groups in total. The molecule has 3 heteroatoms. The fourth-order valence-corrected chi connectivity index (χ4v) is 2.71. The van der Waals surface area contributed by atoms with E-state index in [1.165, 1.54) is 12.8 Å². The van der Waals surface area contributed by atoms with Crippen LogP contribution in [0.15, 0.2) is 24.3 Å². The third-order valence-electron chi connectivity index (χ3n) is 3.49. The lowest BCUT2D eigenvalue weighted by atomic mass is 9.96. The Morgan fingerprint density at radius 3 is 2.88 bits per heavy atom. The molecule has 0 bridgehead atoms. The molecule has 2 atom stereocenters. The fourth-order valence-electron chi connectivity index (χ4n) is 2.71. The maximum absolute atomic E-state index is 9.58. The molecule has 1 heterocycles. The van der Waals surface area contributed by atoms with Gasteiger partial charge >= 0.3 is 0 Å². The Bertz CT molecular complexity index is 365. The predicted octanol–water partition coefficient (Wildman–Crippen LogP) is 2.40. The molecule has 2 rings (SSSR count). The van der Waals surface area contributed by atoms with E-state index in [9.17, 15) is 5.11 Å². The van der Waals surface area contributed by atoms with Gasteiger partial charge < -0.3 is 15.7 Å². The predicted molar refractivity (Wildman–Crippen MR) is 72.1 cm³/mol. The van der Waals surface area contributed by atoms with Crippen LogP contribution in [0, 0.1) is 0 Å². The highest BCUT2D eigenvalue weighted by Gasteiger charge is 2.24. The molecule has 0 aromatic heterocycles. The topological polar surface area (TPSA) is 49.5 Å². The number of hydrogen-bond donors (Lipinski definition) is 2. The molecule has 1 saturated heterocycles. The molecule has 2 unspecified atom stereocenters. The summed E-state index contributed by atoms with van der Waals surface area (Å²) in [4.78, 5) is 2.37. The van der Waals surface area contributed by atoms with E-state index in [4.69, 9.17) is 5.73 Å². The molecule has 3 nitrogen and oxygen atoms in total. The number of aliphatic hydroxyl groups is 1. The number of piperidine rings is 1. The zero-order valence-corrected chi connectivity index (χ0v) is 10.5. The second-order valence-electron chi connectivity index (χ2n) is 4.99. The van der Waals surface area contributed by atoms with E-state index in [2.05, 4.69) is 11.0 Å². The molecule has 0 aliphatic carbocycles. The Morgan fingerprint density at radius 1 is 1.41 bits per heavy atom. The lowest BCUT2D eigenvalue weighted by Crippen LogP contribution is -2.41. The van der Waals surface area contributed by atoms with Crippen molar-refractivity contribution in [2.75, 3.05) is 17.2 Å². The molecule has 0 amide bonds. The summed E-state index contributed by atoms with van der Waals surface area (Å²) in [5.41, 5.74) is 8.00. The standard InChI is InChI=1S/C14H22N2O/c1-11(17)10-12-6-4-5-9-16(12)14-8-3-2-7-13(14)15/h2-3,7-8,11-12,17H,4-6,9-10,15H2,1H3. The number of benzene rings is 1. The Hall–Kier alpha value is -1.22. The molecule has 1 fully saturated rings. The van der Waals surface area contributed by atoms with Gasteiger partial charge in [0, 0.05) is 12.6 Å². The van der Waals surface area contributed by atoms with Crippen LogP contribution in [0.2, 0.25) is 0 Å². The van der Waals surface area contributed by atoms with Crippen molar-refractivity contribution in [3.63, 3.8) is 0 Å². The summed E-state index contributed by atoms with van der Waals surface area (Å²) in [6.45, 7) is 2.91. The molecule has 17 heavy (non-hydrogen) atoms. The number of anilines is 2. The lowest BCUT2D eigenvalue weighted by Gasteiger charge is -2.38. The van der Waals surface area contributed by atoms with Crippen LogP contribution >= 0.6 is 0 Å². The van der Waals surface area contributed by atoms with Gasteiger partial charge in [-0.05, 0) is 44.7 Å². The molecule has 0 saturated carbocycles. The Kier molecular flexibility index (Phi) is 3.89. The van der Waals surface area contributed by atoms with Crippen LogP contribution in [0.4, 0.5) is 11.4 Å². The van der Waals surface area contributed by atoms with Crippen molar-refractivity contribution in [3.05, 3.63) is 24.3 Å². The summed E-state index contributed by atoms with van der Waals surface area (Å²) >= 11 is 0. The molecule has 1 aliphatic heterocycles. The average Bonchev–Trinajstić information content (AvgIpc) is 2.30. The average molecular weight is 234 g/mol. The zero-order valence-electron chi connectivity index (χ0n) is 10.5. The highest BCUT2D eigenvalue weighted by molar-refractivity contribution is 5.67. The SMILES string of the molecule is CC(O)CC1CCCCN1c1ccccc1N. The van der Waals surface area contributed by atoms with Gasteiger partial charge in [-0.15, -0.1) is 0 Å². The third kappa shape index (κ3) is 2.91. The van der Waals surface area contributed by atoms with E-state index in [1.54, 1.807) is 0 Å². The quantitative estimate of drug-likeness (QED) is 0.790. The lowest BCUT2D eigenvalue weighted by molar-refractivity contribution is 0.167. The minimum Gasteiger partial charge on any atom is -0.397 e. The first-order valence-corrected chi connectivity index (χ1v) is 6.47. The van der Waals surface area contributed by atoms with Crippen LogP contribution in [0.3, 0.4) is 0 Å². The summed E-state index contributed by atoms with van der Waals surface area (Å²) < 4.78 is 0. The maximum atomic E-state index is 9.58. The maximum Gasteiger partial charge on any atom is 0.0602 e. The van der Waals surface area contributed by atoms with E-state index in [-0.39, 0.29) is 6.10 Å². The van der Waals surface area contributed by atoms with Crippen molar-refractivity contribution in [1.29, 1.82) is 0 Å². The highest BCUT2D eigenvalue weighted by Crippen LogP contribution is 2.31. The number of rotatable bonds is 3. The second-order valence-corrected chi connectivity index (χ2v) is 4.99. The van der Waals surface area contributed by atoms with Crippen LogP contribution in [0.1, 0.15) is 32.6 Å². The first kappa shape index (κ1) is 12.2. The molecule has 1 aromatic rings. The largest absolute Gasteiger partial charge is 0.397 e. The normalized spacial score (nSPS) is 22.5. The number of para-hydroxylation sites is 2. The molecule has 0 spiro atoms. The summed E-state index contributed by atoms with van der Waals surface area (Å²) in [6, 6.07) is 8.44. The smallest absolute Gasteiger partial charge is 0.0602 e. The first-order chi connectivity index (χ1) is 8.18. The second kappa shape index (κ2) is 5.41. The summed E-state index contributed by atoms with van der Waals surface area (Å²) in [5.74, 6) is 0. The van der Waals surface area contributed by atoms with Crippen molar-refractivity contribution >= 4 is 11.4 Å². The van der Waals surface area contributed by atoms with E-state index in [0.717, 1.165) is 30.8 Å². The number of nitrogens with two attached hydrogens (primary N) is 1. The van der Waals surface area contributed by atoms with Crippen molar-refractivity contribution in [2.24, 2.45) is 0 Å². The van der Waals surface area contributed by atoms with Crippen molar-refractivity contribution < 1.29 is 5.11 Å². The van der Waals surface area contributed by atoms with Crippen LogP contribution in [0.25, 0.3) is 0 Å². The van der Waals surface area contributed by atoms with Gasteiger partial charge in [-0.2, -0.15) is 0 Å². The van der Waals surface area contributed by atoms with Gasteiger partial charge in [0.1, 0.15) is 0 Å². The minimum atomic E-state index is -0.245. The highest BCUT2D eigenvalue weighted by atomic mass is 16.3. The number of hydrogen-bond acceptors (Lipinski definition) is 3. The van der Waals surface area contributed by atoms with Crippen molar-refractivity contribution in [1.82, 2.24) is 0 Å². The van der Waals surface area contributed by atoms with E-state index < -0.39 is 0 Å². The van der Waals surface area contributed by atoms with Gasteiger partial charge in [-0.3, -0.25) is 0 Å². The van der Waals surface area contributed by atoms with Crippen molar-refractivity contribution in [3.8, 4) is 0 Å². The summed E-state index contributed by atoms with van der Waals surface area (Å²) in [5, 5.41) is 9.58. The zero-order chi connectivity index (χ0) is 12.3. The Morgan fingerprint density at radius 2 is 2.18 bits per heavy atom. The monoisotopic (exact) mass is 234 g/mol. The first-order valence-electron chi connectivity index (χ1n) is 6.47. The molecule has 94 valence electrons. The van der Waals surface area contributed by atoms with Crippen LogP contribution < -0.4 is 10.6 Å². The molecular formula is C14H22N2O. The number of nitrogen functional groups attached to an aromatic ring is 1. The van der Waals surface area contributed by atoms with E-state index >= 15 is 0 Å². The Labute approximate surface area is 103 Å². The molecular weight excluding hydrogens is 212 g/mol. The number of nitrogens with zero attached hydrogens (tertiary/aromatic N) is 1. The molecule has 1 aliphatic rings. The van der Waals surface area contributed by atoms with Crippen LogP contribution in [-0.2, 0) is 0 Å². The summed E-state index contributed by atoms with van der Waals surface area (Å²) in [6.07, 6.45) is 4.20. The summed E-state index contributed by atoms with van der Waals surface area (Å²) in [7, 11) is 0. The van der Waals surface area contributed by atoms with Gasteiger partial charge in [0.15, 0.2) is 0 Å². The van der Waals surface area contributed by atoms with Gasteiger partial charge in [0.2, 0.25) is 0 Å². The van der Waals surface area contributed by atoms with Gasteiger partial charge in [-0.25, -0.2) is 0 Å². The Balaban J connectivity index is 2.19. The minimum absolute atomic E-state index is 0.245. The van der Waals surface area contributed by atoms with Gasteiger partial charge in [0.25, 0.3) is 0 Å². The van der Waals surface area contributed by atoms with Gasteiger partial charge in [-0.1, -0.05) is 12.1 Å². The number of aliphatic hydroxyl groups excluding tert-OH is 1. The van der Waals surface area contributed by atoms with Crippen molar-refractivity contribution in [2.45, 2.75) is 44.8 Å². The van der Waals surface area contributed by atoms with E-state index in [1.807, 2.05) is 25.1 Å². The molecule has 1 aromatic carbocycles. The van der Waals surface area contributed by atoms with Gasteiger partial charge in [0.05, 0.1) is 17.5 Å². The van der Waals surface area contributed by atoms with Crippen LogP contribution in [0.5, 0.6) is 0 Å².